The Morgan fingerprint density at radius 3 is 2.82 bits per heavy atom. The molecule has 0 fully saturated rings. The second-order valence-electron chi connectivity index (χ2n) is 5.96. The van der Waals surface area contributed by atoms with Crippen molar-refractivity contribution in [1.29, 1.82) is 0 Å². The Morgan fingerprint density at radius 2 is 2.07 bits per heavy atom. The number of aromatic nitrogens is 4. The van der Waals surface area contributed by atoms with E-state index in [9.17, 15) is 4.79 Å². The largest absolute Gasteiger partial charge is 0.452 e. The number of rotatable bonds is 6. The quantitative estimate of drug-likeness (QED) is 0.436. The van der Waals surface area contributed by atoms with E-state index in [4.69, 9.17) is 20.9 Å². The van der Waals surface area contributed by atoms with E-state index in [-0.39, 0.29) is 23.2 Å². The van der Waals surface area contributed by atoms with Gasteiger partial charge in [0, 0.05) is 0 Å². The minimum absolute atomic E-state index is 0.142. The summed E-state index contributed by atoms with van der Waals surface area (Å²) >= 11 is 7.87. The normalized spacial score (nSPS) is 10.9. The molecular formula is C19H15ClN4O3S. The van der Waals surface area contributed by atoms with Gasteiger partial charge in [-0.1, -0.05) is 53.2 Å². The SMILES string of the molecule is Cc1nn(Cc2ccccc2)c(Cl)c1C(=O)OCc1nc(-c2cccs2)no1. The van der Waals surface area contributed by atoms with Gasteiger partial charge in [-0.2, -0.15) is 10.1 Å². The number of benzene rings is 1. The Balaban J connectivity index is 1.45. The third kappa shape index (κ3) is 3.83. The maximum atomic E-state index is 12.5. The van der Waals surface area contributed by atoms with Gasteiger partial charge in [0.2, 0.25) is 5.82 Å². The van der Waals surface area contributed by atoms with Crippen LogP contribution in [0.3, 0.4) is 0 Å². The Morgan fingerprint density at radius 1 is 1.25 bits per heavy atom. The van der Waals surface area contributed by atoms with Gasteiger partial charge in [-0.25, -0.2) is 9.48 Å². The van der Waals surface area contributed by atoms with Crippen LogP contribution in [0.15, 0.2) is 52.4 Å². The van der Waals surface area contributed by atoms with Crippen LogP contribution in [-0.4, -0.2) is 25.9 Å². The number of carbonyl (C=O) groups excluding carboxylic acids is 1. The molecule has 0 aliphatic carbocycles. The van der Waals surface area contributed by atoms with Gasteiger partial charge in [0.05, 0.1) is 17.1 Å². The zero-order valence-corrected chi connectivity index (χ0v) is 16.4. The Bertz CT molecular complexity index is 1090. The highest BCUT2D eigenvalue weighted by atomic mass is 35.5. The summed E-state index contributed by atoms with van der Waals surface area (Å²) < 4.78 is 12.0. The molecule has 4 rings (SSSR count). The predicted molar refractivity (Wildman–Crippen MR) is 104 cm³/mol. The molecular weight excluding hydrogens is 400 g/mol. The van der Waals surface area contributed by atoms with Gasteiger partial charge in [-0.05, 0) is 23.9 Å². The molecule has 0 saturated carbocycles. The van der Waals surface area contributed by atoms with E-state index in [1.807, 2.05) is 47.8 Å². The first-order valence-corrected chi connectivity index (χ1v) is 9.68. The lowest BCUT2D eigenvalue weighted by atomic mass is 10.2. The third-order valence-corrected chi connectivity index (χ3v) is 5.23. The highest BCUT2D eigenvalue weighted by Crippen LogP contribution is 2.24. The summed E-state index contributed by atoms with van der Waals surface area (Å²) in [4.78, 5) is 17.6. The fourth-order valence-electron chi connectivity index (χ4n) is 2.67. The summed E-state index contributed by atoms with van der Waals surface area (Å²) in [6.45, 7) is 2.03. The molecule has 0 saturated heterocycles. The van der Waals surface area contributed by atoms with Crippen molar-refractivity contribution in [2.45, 2.75) is 20.1 Å². The molecule has 3 heterocycles. The maximum absolute atomic E-state index is 12.5. The average Bonchev–Trinajstić information content (AvgIpc) is 3.42. The summed E-state index contributed by atoms with van der Waals surface area (Å²) in [6.07, 6.45) is 0. The van der Waals surface area contributed by atoms with Crippen molar-refractivity contribution >= 4 is 28.9 Å². The number of ether oxygens (including phenoxy) is 1. The molecule has 142 valence electrons. The molecule has 0 bridgehead atoms. The number of esters is 1. The van der Waals surface area contributed by atoms with Crippen molar-refractivity contribution in [3.8, 4) is 10.7 Å². The van der Waals surface area contributed by atoms with Crippen molar-refractivity contribution in [2.75, 3.05) is 0 Å². The number of thiophene rings is 1. The van der Waals surface area contributed by atoms with Crippen LogP contribution in [0.4, 0.5) is 0 Å². The van der Waals surface area contributed by atoms with Crippen molar-refractivity contribution in [3.05, 3.63) is 75.7 Å². The second-order valence-corrected chi connectivity index (χ2v) is 7.27. The van der Waals surface area contributed by atoms with Crippen LogP contribution < -0.4 is 0 Å². The van der Waals surface area contributed by atoms with Crippen LogP contribution in [0.2, 0.25) is 5.15 Å². The topological polar surface area (TPSA) is 83.0 Å². The van der Waals surface area contributed by atoms with Crippen LogP contribution in [-0.2, 0) is 17.9 Å². The van der Waals surface area contributed by atoms with E-state index in [0.29, 0.717) is 18.1 Å². The van der Waals surface area contributed by atoms with Crippen LogP contribution in [0.5, 0.6) is 0 Å². The molecule has 4 aromatic rings. The molecule has 0 radical (unpaired) electrons. The molecule has 1 aromatic carbocycles. The lowest BCUT2D eigenvalue weighted by molar-refractivity contribution is 0.0429. The standard InChI is InChI=1S/C19H15ClN4O3S/c1-12-16(17(20)24(22-12)10-13-6-3-2-4-7-13)19(25)26-11-15-21-18(23-27-15)14-8-5-9-28-14/h2-9H,10-11H2,1H3. The second kappa shape index (κ2) is 7.95. The van der Waals surface area contributed by atoms with Crippen LogP contribution in [0, 0.1) is 6.92 Å². The van der Waals surface area contributed by atoms with Gasteiger partial charge in [0.15, 0.2) is 6.61 Å². The molecule has 0 aliphatic heterocycles. The van der Waals surface area contributed by atoms with Crippen LogP contribution >= 0.6 is 22.9 Å². The van der Waals surface area contributed by atoms with Gasteiger partial charge in [-0.3, -0.25) is 0 Å². The number of halogens is 1. The van der Waals surface area contributed by atoms with Gasteiger partial charge in [-0.15, -0.1) is 11.3 Å². The maximum Gasteiger partial charge on any atom is 0.343 e. The number of nitrogens with zero attached hydrogens (tertiary/aromatic N) is 4. The Labute approximate surface area is 169 Å². The molecule has 28 heavy (non-hydrogen) atoms. The number of hydrogen-bond acceptors (Lipinski definition) is 7. The first-order chi connectivity index (χ1) is 13.6. The first-order valence-electron chi connectivity index (χ1n) is 8.42. The van der Waals surface area contributed by atoms with Crippen molar-refractivity contribution < 1.29 is 14.1 Å². The molecule has 0 aliphatic rings. The zero-order valence-electron chi connectivity index (χ0n) is 14.8. The zero-order chi connectivity index (χ0) is 19.5. The van der Waals surface area contributed by atoms with Crippen LogP contribution in [0.25, 0.3) is 10.7 Å². The number of aryl methyl sites for hydroxylation is 1. The van der Waals surface area contributed by atoms with Crippen molar-refractivity contribution in [1.82, 2.24) is 19.9 Å². The van der Waals surface area contributed by atoms with E-state index in [1.165, 1.54) is 11.3 Å². The van der Waals surface area contributed by atoms with Gasteiger partial charge < -0.3 is 9.26 Å². The first kappa shape index (κ1) is 18.4. The highest BCUT2D eigenvalue weighted by Gasteiger charge is 2.22. The Hall–Kier alpha value is -2.97. The summed E-state index contributed by atoms with van der Waals surface area (Å²) in [5.74, 6) is 0.0887. The fraction of sp³-hybridized carbons (Fsp3) is 0.158. The lowest BCUT2D eigenvalue weighted by Gasteiger charge is -2.04. The Kier molecular flexibility index (Phi) is 5.23. The van der Waals surface area contributed by atoms with Crippen molar-refractivity contribution in [3.63, 3.8) is 0 Å². The van der Waals surface area contributed by atoms with E-state index < -0.39 is 5.97 Å². The summed E-state index contributed by atoms with van der Waals surface area (Å²) in [5.41, 5.74) is 1.75. The predicted octanol–water partition coefficient (Wildman–Crippen LogP) is 4.36. The average molecular weight is 415 g/mol. The molecule has 0 N–H and O–H groups in total. The van der Waals surface area contributed by atoms with Crippen molar-refractivity contribution in [2.24, 2.45) is 0 Å². The number of hydrogen-bond donors (Lipinski definition) is 0. The molecule has 3 aromatic heterocycles. The van der Waals surface area contributed by atoms with Gasteiger partial charge in [0.25, 0.3) is 5.89 Å². The minimum atomic E-state index is -0.585. The lowest BCUT2D eigenvalue weighted by Crippen LogP contribution is -2.07. The smallest absolute Gasteiger partial charge is 0.343 e. The van der Waals surface area contributed by atoms with E-state index in [2.05, 4.69) is 15.2 Å². The van der Waals surface area contributed by atoms with Gasteiger partial charge in [0.1, 0.15) is 10.7 Å². The summed E-state index contributed by atoms with van der Waals surface area (Å²) in [7, 11) is 0. The fourth-order valence-corrected chi connectivity index (χ4v) is 3.63. The minimum Gasteiger partial charge on any atom is -0.452 e. The van der Waals surface area contributed by atoms with E-state index >= 15 is 0 Å². The van der Waals surface area contributed by atoms with Crippen LogP contribution in [0.1, 0.15) is 27.5 Å². The summed E-state index contributed by atoms with van der Waals surface area (Å²) in [5, 5.41) is 10.4. The molecule has 9 heteroatoms. The number of carbonyl (C=O) groups is 1. The molecule has 7 nitrogen and oxygen atoms in total. The van der Waals surface area contributed by atoms with E-state index in [0.717, 1.165) is 10.4 Å². The van der Waals surface area contributed by atoms with Gasteiger partial charge >= 0.3 is 5.97 Å². The third-order valence-electron chi connectivity index (χ3n) is 3.98. The molecule has 0 spiro atoms. The molecule has 0 atom stereocenters. The monoisotopic (exact) mass is 414 g/mol. The summed E-state index contributed by atoms with van der Waals surface area (Å²) in [6, 6.07) is 13.5. The van der Waals surface area contributed by atoms with E-state index in [1.54, 1.807) is 11.6 Å². The highest BCUT2D eigenvalue weighted by molar-refractivity contribution is 7.13. The molecule has 0 amide bonds. The molecule has 0 unspecified atom stereocenters.